The van der Waals surface area contributed by atoms with Crippen molar-refractivity contribution in [2.75, 3.05) is 14.2 Å². The molecule has 0 aliphatic heterocycles. The summed E-state index contributed by atoms with van der Waals surface area (Å²) in [5.74, 6) is 0.179. The Balaban J connectivity index is 1.91. The van der Waals surface area contributed by atoms with Crippen LogP contribution in [0, 0.1) is 0 Å². The van der Waals surface area contributed by atoms with Crippen molar-refractivity contribution in [3.05, 3.63) is 83.5 Å². The summed E-state index contributed by atoms with van der Waals surface area (Å²) in [5, 5.41) is 8.90. The van der Waals surface area contributed by atoms with Gasteiger partial charge in [0.2, 0.25) is 12.4 Å². The number of aromatic nitrogens is 5. The highest BCUT2D eigenvalue weighted by Gasteiger charge is 2.18. The molecule has 8 heteroatoms. The number of benzene rings is 1. The molecule has 3 aromatic heterocycles. The van der Waals surface area contributed by atoms with Gasteiger partial charge in [0.05, 0.1) is 30.9 Å². The first-order chi connectivity index (χ1) is 13.7. The molecule has 0 aliphatic rings. The Kier molecular flexibility index (Phi) is 4.59. The van der Waals surface area contributed by atoms with E-state index in [-0.39, 0.29) is 16.9 Å². The molecule has 0 bridgehead atoms. The monoisotopic (exact) mass is 376 g/mol. The number of methoxy groups -OCH3 is 1. The van der Waals surface area contributed by atoms with Gasteiger partial charge in [0.25, 0.3) is 5.43 Å². The second-order valence-electron chi connectivity index (χ2n) is 5.89. The number of rotatable bonds is 5. The lowest BCUT2D eigenvalue weighted by Crippen LogP contribution is -2.40. The quantitative estimate of drug-likeness (QED) is 0.493. The van der Waals surface area contributed by atoms with E-state index in [1.165, 1.54) is 11.8 Å². The van der Waals surface area contributed by atoms with Gasteiger partial charge < -0.3 is 4.74 Å². The normalized spacial score (nSPS) is 10.6. The molecule has 0 unspecified atom stereocenters. The molecule has 3 heterocycles. The molecular weight excluding hydrogens is 358 g/mol. The minimum atomic E-state index is -0.313. The van der Waals surface area contributed by atoms with Crippen LogP contribution in [-0.4, -0.2) is 33.8 Å². The van der Waals surface area contributed by atoms with E-state index >= 15 is 0 Å². The smallest absolute Gasteiger partial charge is 0.251 e. The second kappa shape index (κ2) is 7.36. The highest BCUT2D eigenvalue weighted by atomic mass is 16.6. The summed E-state index contributed by atoms with van der Waals surface area (Å²) in [7, 11) is 3.02. The summed E-state index contributed by atoms with van der Waals surface area (Å²) in [5.41, 5.74) is 2.02. The van der Waals surface area contributed by atoms with Gasteiger partial charge >= 0.3 is 0 Å². The van der Waals surface area contributed by atoms with Gasteiger partial charge in [-0.2, -0.15) is 10.2 Å². The maximum atomic E-state index is 12.9. The maximum Gasteiger partial charge on any atom is 0.251 e. The summed E-state index contributed by atoms with van der Waals surface area (Å²) >= 11 is 0. The maximum absolute atomic E-state index is 12.9. The van der Waals surface area contributed by atoms with E-state index in [1.807, 2.05) is 42.5 Å². The molecule has 0 saturated heterocycles. The summed E-state index contributed by atoms with van der Waals surface area (Å²) in [6.07, 6.45) is 6.68. The van der Waals surface area contributed by atoms with Crippen LogP contribution in [-0.2, 0) is 0 Å². The lowest BCUT2D eigenvalue weighted by Gasteiger charge is -2.11. The zero-order valence-corrected chi connectivity index (χ0v) is 15.4. The fourth-order valence-electron chi connectivity index (χ4n) is 2.86. The van der Waals surface area contributed by atoms with Crippen LogP contribution in [0.1, 0.15) is 0 Å². The van der Waals surface area contributed by atoms with Crippen LogP contribution < -0.4 is 19.7 Å². The fourth-order valence-corrected chi connectivity index (χ4v) is 2.86. The number of nitrogens with zero attached hydrogens (tertiary/aromatic N) is 5. The van der Waals surface area contributed by atoms with E-state index in [4.69, 9.17) is 9.57 Å². The van der Waals surface area contributed by atoms with Crippen LogP contribution in [0.15, 0.2) is 78.1 Å². The molecule has 140 valence electrons. The van der Waals surface area contributed by atoms with Crippen LogP contribution >= 0.6 is 0 Å². The SMILES string of the molecule is COc1cn(-c2ccc[n+](OC)c2)nc(-c2ccnn2-c2ccccc2)c1=O. The number of ether oxygens (including phenoxy) is 1. The van der Waals surface area contributed by atoms with Crippen molar-refractivity contribution < 1.29 is 14.3 Å². The van der Waals surface area contributed by atoms with Crippen LogP contribution in [0.25, 0.3) is 22.8 Å². The third-order valence-electron chi connectivity index (χ3n) is 4.23. The second-order valence-corrected chi connectivity index (χ2v) is 5.89. The molecule has 1 aromatic carbocycles. The third-order valence-corrected chi connectivity index (χ3v) is 4.23. The summed E-state index contributed by atoms with van der Waals surface area (Å²) < 4.78 is 10.1. The van der Waals surface area contributed by atoms with Gasteiger partial charge in [-0.25, -0.2) is 9.36 Å². The standard InChI is InChI=1S/C20H18N5O3/c1-27-18-14-24(16-9-6-12-23(13-16)28-2)22-19(20(18)26)17-10-11-21-25(17)15-7-4-3-5-8-15/h3-14H,1-2H3/q+1. The van der Waals surface area contributed by atoms with Crippen LogP contribution in [0.2, 0.25) is 0 Å². The Morgan fingerprint density at radius 3 is 2.54 bits per heavy atom. The van der Waals surface area contributed by atoms with Gasteiger partial charge in [0.1, 0.15) is 12.8 Å². The lowest BCUT2D eigenvalue weighted by atomic mass is 10.2. The van der Waals surface area contributed by atoms with Crippen molar-refractivity contribution in [2.24, 2.45) is 0 Å². The number of para-hydroxylation sites is 1. The molecule has 4 aromatic rings. The van der Waals surface area contributed by atoms with Gasteiger partial charge in [-0.1, -0.05) is 18.2 Å². The summed E-state index contributed by atoms with van der Waals surface area (Å²) in [6.45, 7) is 0. The van der Waals surface area contributed by atoms with E-state index in [0.717, 1.165) is 5.69 Å². The molecule has 4 rings (SSSR count). The molecule has 0 N–H and O–H groups in total. The molecule has 0 saturated carbocycles. The average Bonchev–Trinajstić information content (AvgIpc) is 3.24. The van der Waals surface area contributed by atoms with Crippen molar-refractivity contribution in [1.82, 2.24) is 19.6 Å². The van der Waals surface area contributed by atoms with Crippen molar-refractivity contribution in [3.63, 3.8) is 0 Å². The van der Waals surface area contributed by atoms with E-state index in [2.05, 4.69) is 10.2 Å². The van der Waals surface area contributed by atoms with E-state index < -0.39 is 0 Å². The van der Waals surface area contributed by atoms with Crippen molar-refractivity contribution >= 4 is 0 Å². The molecule has 0 atom stereocenters. The van der Waals surface area contributed by atoms with Gasteiger partial charge in [0.15, 0.2) is 11.4 Å². The van der Waals surface area contributed by atoms with Crippen molar-refractivity contribution in [2.45, 2.75) is 0 Å². The number of hydrogen-bond acceptors (Lipinski definition) is 5. The first kappa shape index (κ1) is 17.5. The zero-order valence-electron chi connectivity index (χ0n) is 15.4. The summed E-state index contributed by atoms with van der Waals surface area (Å²) in [6, 6.07) is 15.0. The molecular formula is C20H18N5O3+. The largest absolute Gasteiger partial charge is 0.491 e. The minimum Gasteiger partial charge on any atom is -0.491 e. The Bertz CT molecular complexity index is 1170. The van der Waals surface area contributed by atoms with E-state index in [1.54, 1.807) is 47.3 Å². The molecule has 28 heavy (non-hydrogen) atoms. The topological polar surface area (TPSA) is 75.0 Å². The first-order valence-corrected chi connectivity index (χ1v) is 8.55. The lowest BCUT2D eigenvalue weighted by molar-refractivity contribution is -0.885. The Labute approximate surface area is 160 Å². The Hall–Kier alpha value is -3.94. The molecule has 0 aliphatic carbocycles. The highest BCUT2D eigenvalue weighted by Crippen LogP contribution is 2.20. The van der Waals surface area contributed by atoms with E-state index in [9.17, 15) is 4.79 Å². The van der Waals surface area contributed by atoms with Crippen LogP contribution in [0.4, 0.5) is 0 Å². The van der Waals surface area contributed by atoms with Crippen molar-refractivity contribution in [1.29, 1.82) is 0 Å². The molecule has 0 radical (unpaired) electrons. The van der Waals surface area contributed by atoms with Gasteiger partial charge in [-0.3, -0.25) is 9.63 Å². The third kappa shape index (κ3) is 3.11. The zero-order chi connectivity index (χ0) is 19.5. The van der Waals surface area contributed by atoms with Crippen LogP contribution in [0.5, 0.6) is 5.75 Å². The van der Waals surface area contributed by atoms with Gasteiger partial charge in [-0.05, 0) is 24.3 Å². The average molecular weight is 376 g/mol. The highest BCUT2D eigenvalue weighted by molar-refractivity contribution is 5.59. The van der Waals surface area contributed by atoms with E-state index in [0.29, 0.717) is 11.4 Å². The van der Waals surface area contributed by atoms with Crippen molar-refractivity contribution in [3.8, 4) is 28.5 Å². The Morgan fingerprint density at radius 2 is 1.79 bits per heavy atom. The predicted octanol–water partition coefficient (Wildman–Crippen LogP) is 1.44. The number of hydrogen-bond donors (Lipinski definition) is 0. The molecule has 0 fully saturated rings. The summed E-state index contributed by atoms with van der Waals surface area (Å²) in [4.78, 5) is 18.1. The number of pyridine rings is 1. The minimum absolute atomic E-state index is 0.179. The fraction of sp³-hybridized carbons (Fsp3) is 0.100. The van der Waals surface area contributed by atoms with Gasteiger partial charge in [0, 0.05) is 10.8 Å². The predicted molar refractivity (Wildman–Crippen MR) is 102 cm³/mol. The molecule has 0 amide bonds. The Morgan fingerprint density at radius 1 is 1.00 bits per heavy atom. The van der Waals surface area contributed by atoms with Gasteiger partial charge in [-0.15, -0.1) is 0 Å². The first-order valence-electron chi connectivity index (χ1n) is 8.55. The molecule has 0 spiro atoms. The molecule has 8 nitrogen and oxygen atoms in total. The van der Waals surface area contributed by atoms with Crippen LogP contribution in [0.3, 0.4) is 0 Å².